The SMILES string of the molecule is Cc1cccc(C(=O)C(C)N)c1F. The molecule has 0 spiro atoms. The summed E-state index contributed by atoms with van der Waals surface area (Å²) < 4.78 is 13.3. The van der Waals surface area contributed by atoms with Crippen molar-refractivity contribution in [3.8, 4) is 0 Å². The number of benzene rings is 1. The average molecular weight is 181 g/mol. The Kier molecular flexibility index (Phi) is 2.78. The second kappa shape index (κ2) is 3.66. The van der Waals surface area contributed by atoms with Crippen LogP contribution in [0.4, 0.5) is 4.39 Å². The Balaban J connectivity index is 3.15. The Morgan fingerprint density at radius 2 is 2.15 bits per heavy atom. The first-order valence-electron chi connectivity index (χ1n) is 4.09. The van der Waals surface area contributed by atoms with Crippen LogP contribution in [0.15, 0.2) is 18.2 Å². The lowest BCUT2D eigenvalue weighted by Crippen LogP contribution is -2.27. The largest absolute Gasteiger partial charge is 0.321 e. The van der Waals surface area contributed by atoms with E-state index in [0.29, 0.717) is 5.56 Å². The molecule has 2 N–H and O–H groups in total. The van der Waals surface area contributed by atoms with Crippen molar-refractivity contribution in [1.29, 1.82) is 0 Å². The minimum Gasteiger partial charge on any atom is -0.321 e. The molecule has 0 radical (unpaired) electrons. The van der Waals surface area contributed by atoms with Crippen LogP contribution >= 0.6 is 0 Å². The van der Waals surface area contributed by atoms with Gasteiger partial charge in [0.1, 0.15) is 5.82 Å². The van der Waals surface area contributed by atoms with Gasteiger partial charge in [0.2, 0.25) is 0 Å². The molecule has 13 heavy (non-hydrogen) atoms. The van der Waals surface area contributed by atoms with Gasteiger partial charge in [0, 0.05) is 0 Å². The van der Waals surface area contributed by atoms with Crippen LogP contribution in [0.5, 0.6) is 0 Å². The molecule has 0 fully saturated rings. The second-order valence-electron chi connectivity index (χ2n) is 3.09. The summed E-state index contributed by atoms with van der Waals surface area (Å²) in [6.07, 6.45) is 0. The van der Waals surface area contributed by atoms with Gasteiger partial charge in [0.25, 0.3) is 0 Å². The molecule has 0 aliphatic heterocycles. The topological polar surface area (TPSA) is 43.1 Å². The molecule has 1 aromatic rings. The van der Waals surface area contributed by atoms with Gasteiger partial charge >= 0.3 is 0 Å². The summed E-state index contributed by atoms with van der Waals surface area (Å²) in [4.78, 5) is 11.4. The zero-order chi connectivity index (χ0) is 10.0. The van der Waals surface area contributed by atoms with Crippen LogP contribution in [0.2, 0.25) is 0 Å². The fourth-order valence-corrected chi connectivity index (χ4v) is 1.08. The van der Waals surface area contributed by atoms with Gasteiger partial charge < -0.3 is 5.73 Å². The van der Waals surface area contributed by atoms with E-state index in [4.69, 9.17) is 5.73 Å². The number of hydrogen-bond acceptors (Lipinski definition) is 2. The lowest BCUT2D eigenvalue weighted by molar-refractivity contribution is 0.0964. The standard InChI is InChI=1S/C10H12FNO/c1-6-4-3-5-8(9(6)11)10(13)7(2)12/h3-5,7H,12H2,1-2H3. The van der Waals surface area contributed by atoms with Gasteiger partial charge in [0.15, 0.2) is 5.78 Å². The molecule has 1 rings (SSSR count). The predicted molar refractivity (Wildman–Crippen MR) is 49.1 cm³/mol. The maximum Gasteiger partial charge on any atom is 0.182 e. The smallest absolute Gasteiger partial charge is 0.182 e. The van der Waals surface area contributed by atoms with Crippen LogP contribution in [-0.4, -0.2) is 11.8 Å². The van der Waals surface area contributed by atoms with Crippen molar-refractivity contribution in [2.24, 2.45) is 5.73 Å². The summed E-state index contributed by atoms with van der Waals surface area (Å²) in [5, 5.41) is 0. The number of rotatable bonds is 2. The molecular weight excluding hydrogens is 169 g/mol. The molecule has 70 valence electrons. The van der Waals surface area contributed by atoms with Gasteiger partial charge in [0.05, 0.1) is 11.6 Å². The first kappa shape index (κ1) is 9.86. The number of carbonyl (C=O) groups is 1. The van der Waals surface area contributed by atoms with Crippen molar-refractivity contribution in [2.45, 2.75) is 19.9 Å². The zero-order valence-corrected chi connectivity index (χ0v) is 7.67. The van der Waals surface area contributed by atoms with Gasteiger partial charge in [-0.05, 0) is 25.5 Å². The summed E-state index contributed by atoms with van der Waals surface area (Å²) in [7, 11) is 0. The van der Waals surface area contributed by atoms with Crippen LogP contribution in [-0.2, 0) is 0 Å². The summed E-state index contributed by atoms with van der Waals surface area (Å²) >= 11 is 0. The molecule has 0 saturated heterocycles. The van der Waals surface area contributed by atoms with Crippen LogP contribution in [0.25, 0.3) is 0 Å². The van der Waals surface area contributed by atoms with E-state index in [9.17, 15) is 9.18 Å². The fourth-order valence-electron chi connectivity index (χ4n) is 1.08. The van der Waals surface area contributed by atoms with Crippen LogP contribution in [0.1, 0.15) is 22.8 Å². The highest BCUT2D eigenvalue weighted by Crippen LogP contribution is 2.13. The first-order valence-corrected chi connectivity index (χ1v) is 4.09. The van der Waals surface area contributed by atoms with E-state index in [-0.39, 0.29) is 11.3 Å². The molecule has 0 bridgehead atoms. The monoisotopic (exact) mass is 181 g/mol. The minimum atomic E-state index is -0.656. The van der Waals surface area contributed by atoms with Crippen molar-refractivity contribution in [1.82, 2.24) is 0 Å². The third kappa shape index (κ3) is 1.92. The Hall–Kier alpha value is -1.22. The predicted octanol–water partition coefficient (Wildman–Crippen LogP) is 1.66. The lowest BCUT2D eigenvalue weighted by atomic mass is 10.0. The van der Waals surface area contributed by atoms with Gasteiger partial charge in [-0.3, -0.25) is 4.79 Å². The number of aryl methyl sites for hydroxylation is 1. The molecule has 3 heteroatoms. The summed E-state index contributed by atoms with van der Waals surface area (Å²) in [5.41, 5.74) is 5.91. The highest BCUT2D eigenvalue weighted by Gasteiger charge is 2.15. The van der Waals surface area contributed by atoms with Crippen LogP contribution in [0.3, 0.4) is 0 Å². The van der Waals surface area contributed by atoms with Gasteiger partial charge in [-0.1, -0.05) is 12.1 Å². The maximum atomic E-state index is 13.3. The normalized spacial score (nSPS) is 12.6. The number of hydrogen-bond donors (Lipinski definition) is 1. The molecule has 1 unspecified atom stereocenters. The Labute approximate surface area is 76.6 Å². The van der Waals surface area contributed by atoms with Gasteiger partial charge in [-0.2, -0.15) is 0 Å². The number of Topliss-reactive ketones (excluding diaryl/α,β-unsaturated/α-hetero) is 1. The van der Waals surface area contributed by atoms with E-state index in [1.807, 2.05) is 0 Å². The summed E-state index contributed by atoms with van der Waals surface area (Å²) in [6, 6.07) is 4.06. The number of carbonyl (C=O) groups excluding carboxylic acids is 1. The zero-order valence-electron chi connectivity index (χ0n) is 7.67. The highest BCUT2D eigenvalue weighted by molar-refractivity contribution is 6.00. The molecular formula is C10H12FNO. The quantitative estimate of drug-likeness (QED) is 0.705. The Bertz CT molecular complexity index is 334. The minimum absolute atomic E-state index is 0.0787. The molecule has 0 aliphatic rings. The third-order valence-corrected chi connectivity index (χ3v) is 1.87. The Morgan fingerprint density at radius 3 is 2.69 bits per heavy atom. The number of nitrogens with two attached hydrogens (primary N) is 1. The third-order valence-electron chi connectivity index (χ3n) is 1.87. The molecule has 2 nitrogen and oxygen atoms in total. The lowest BCUT2D eigenvalue weighted by Gasteiger charge is -2.06. The fraction of sp³-hybridized carbons (Fsp3) is 0.300. The molecule has 1 aromatic carbocycles. The maximum absolute atomic E-state index is 13.3. The van der Waals surface area contributed by atoms with E-state index < -0.39 is 11.9 Å². The van der Waals surface area contributed by atoms with E-state index >= 15 is 0 Å². The molecule has 0 aromatic heterocycles. The van der Waals surface area contributed by atoms with E-state index in [2.05, 4.69) is 0 Å². The van der Waals surface area contributed by atoms with E-state index in [1.165, 1.54) is 6.07 Å². The van der Waals surface area contributed by atoms with Crippen molar-refractivity contribution >= 4 is 5.78 Å². The number of ketones is 1. The molecule has 0 saturated carbocycles. The second-order valence-corrected chi connectivity index (χ2v) is 3.09. The van der Waals surface area contributed by atoms with Crippen molar-refractivity contribution < 1.29 is 9.18 Å². The van der Waals surface area contributed by atoms with Crippen LogP contribution in [0, 0.1) is 12.7 Å². The van der Waals surface area contributed by atoms with E-state index in [1.54, 1.807) is 26.0 Å². The van der Waals surface area contributed by atoms with Crippen molar-refractivity contribution in [3.05, 3.63) is 35.1 Å². The van der Waals surface area contributed by atoms with E-state index in [0.717, 1.165) is 0 Å². The summed E-state index contributed by atoms with van der Waals surface area (Å²) in [5.74, 6) is -0.828. The molecule has 0 aliphatic carbocycles. The highest BCUT2D eigenvalue weighted by atomic mass is 19.1. The van der Waals surface area contributed by atoms with Crippen molar-refractivity contribution in [3.63, 3.8) is 0 Å². The first-order chi connectivity index (χ1) is 6.04. The average Bonchev–Trinajstić information content (AvgIpc) is 2.08. The van der Waals surface area contributed by atoms with Gasteiger partial charge in [-0.15, -0.1) is 0 Å². The molecule has 1 atom stereocenters. The van der Waals surface area contributed by atoms with Gasteiger partial charge in [-0.25, -0.2) is 4.39 Å². The molecule has 0 heterocycles. The Morgan fingerprint density at radius 1 is 1.54 bits per heavy atom. The summed E-state index contributed by atoms with van der Waals surface area (Å²) in [6.45, 7) is 3.16. The number of halogens is 1. The van der Waals surface area contributed by atoms with Crippen molar-refractivity contribution in [2.75, 3.05) is 0 Å². The molecule has 0 amide bonds. The van der Waals surface area contributed by atoms with Crippen LogP contribution < -0.4 is 5.73 Å².